The van der Waals surface area contributed by atoms with Crippen LogP contribution in [0.1, 0.15) is 24.6 Å². The van der Waals surface area contributed by atoms with Crippen molar-refractivity contribution in [1.82, 2.24) is 19.5 Å². The summed E-state index contributed by atoms with van der Waals surface area (Å²) < 4.78 is 11.8. The standard InChI is InChI=1S/C11H13ClN4O2.C7H7NO4.C2H2/c12-11-14-9(13)7-3-4-16(10(7)15-11)8-2-1-6(5-17)18-8;9-6-3-5(1-2-8-6)4-12-7(10)11;1-2/h3-4,6,8,17H,1-2,5H2,(H2,13,14,15);1-3H,4H2,(H,8,9)(H,10,11);1-2H/t6-,8?;;/m0../s1. The molecule has 0 bridgehead atoms. The van der Waals surface area contributed by atoms with Crippen molar-refractivity contribution >= 4 is 34.6 Å². The number of halogens is 1. The third kappa shape index (κ3) is 6.45. The molecule has 1 fully saturated rings. The molecule has 5 N–H and O–H groups in total. The monoisotopic (exact) mass is 463 g/mol. The van der Waals surface area contributed by atoms with Crippen LogP contribution >= 0.6 is 11.6 Å². The van der Waals surface area contributed by atoms with E-state index in [0.29, 0.717) is 17.0 Å². The van der Waals surface area contributed by atoms with Crippen molar-refractivity contribution < 1.29 is 24.5 Å². The fourth-order valence-electron chi connectivity index (χ4n) is 3.01. The smallest absolute Gasteiger partial charge is 0.450 e. The number of nitrogen functional groups attached to an aromatic ring is 1. The van der Waals surface area contributed by atoms with Crippen LogP contribution in [0.4, 0.5) is 10.6 Å². The van der Waals surface area contributed by atoms with E-state index in [9.17, 15) is 9.59 Å². The predicted molar refractivity (Wildman–Crippen MR) is 117 cm³/mol. The summed E-state index contributed by atoms with van der Waals surface area (Å²) in [4.78, 5) is 31.1. The lowest BCUT2D eigenvalue weighted by atomic mass is 10.2. The van der Waals surface area contributed by atoms with E-state index in [-0.39, 0.29) is 36.4 Å². The molecule has 170 valence electrons. The van der Waals surface area contributed by atoms with Gasteiger partial charge in [-0.15, -0.1) is 12.8 Å². The molecule has 11 nitrogen and oxygen atoms in total. The molecule has 2 atom stereocenters. The number of rotatable bonds is 4. The SMILES string of the molecule is C#C.Nc1nc(Cl)nc2c1ccn2C1CC[C@@H](CO)O1.O=C(O)OCc1cc[nH]c(=O)c1. The van der Waals surface area contributed by atoms with Gasteiger partial charge in [0.1, 0.15) is 24.3 Å². The molecule has 3 aromatic heterocycles. The molecular formula is C20H22ClN5O6. The Balaban J connectivity index is 0.000000227. The van der Waals surface area contributed by atoms with E-state index in [1.54, 1.807) is 6.07 Å². The van der Waals surface area contributed by atoms with Crippen molar-refractivity contribution in [2.45, 2.75) is 31.8 Å². The lowest BCUT2D eigenvalue weighted by molar-refractivity contribution is -0.0204. The van der Waals surface area contributed by atoms with Gasteiger partial charge < -0.3 is 35.0 Å². The number of pyridine rings is 1. The van der Waals surface area contributed by atoms with Gasteiger partial charge in [-0.2, -0.15) is 4.98 Å². The van der Waals surface area contributed by atoms with E-state index >= 15 is 0 Å². The minimum absolute atomic E-state index is 0.0353. The highest BCUT2D eigenvalue weighted by molar-refractivity contribution is 6.28. The molecule has 0 amide bonds. The molecule has 32 heavy (non-hydrogen) atoms. The molecule has 4 rings (SSSR count). The van der Waals surface area contributed by atoms with Crippen molar-refractivity contribution in [3.05, 3.63) is 51.8 Å². The summed E-state index contributed by atoms with van der Waals surface area (Å²) in [6.45, 7) is -0.0627. The Bertz CT molecular complexity index is 1130. The van der Waals surface area contributed by atoms with E-state index in [4.69, 9.17) is 32.3 Å². The van der Waals surface area contributed by atoms with Crippen molar-refractivity contribution in [3.63, 3.8) is 0 Å². The van der Waals surface area contributed by atoms with Gasteiger partial charge in [0.2, 0.25) is 10.8 Å². The number of carbonyl (C=O) groups is 1. The van der Waals surface area contributed by atoms with E-state index in [0.717, 1.165) is 18.2 Å². The van der Waals surface area contributed by atoms with Gasteiger partial charge in [-0.25, -0.2) is 9.78 Å². The number of nitrogens with two attached hydrogens (primary N) is 1. The highest BCUT2D eigenvalue weighted by atomic mass is 35.5. The molecule has 4 heterocycles. The van der Waals surface area contributed by atoms with Gasteiger partial charge in [0, 0.05) is 18.5 Å². The Kier molecular flexibility index (Phi) is 9.03. The maximum absolute atomic E-state index is 10.7. The van der Waals surface area contributed by atoms with Crippen molar-refractivity contribution in [2.75, 3.05) is 12.3 Å². The summed E-state index contributed by atoms with van der Waals surface area (Å²) >= 11 is 5.82. The second kappa shape index (κ2) is 11.7. The predicted octanol–water partition coefficient (Wildman–Crippen LogP) is 2.16. The number of hydrogen-bond acceptors (Lipinski definition) is 8. The molecule has 0 spiro atoms. The van der Waals surface area contributed by atoms with Crippen LogP contribution in [0.25, 0.3) is 11.0 Å². The molecular weight excluding hydrogens is 442 g/mol. The van der Waals surface area contributed by atoms with Gasteiger partial charge >= 0.3 is 6.16 Å². The molecule has 3 aromatic rings. The Hall–Kier alpha value is -3.59. The fraction of sp³-hybridized carbons (Fsp3) is 0.300. The van der Waals surface area contributed by atoms with Crippen LogP contribution in [0, 0.1) is 12.8 Å². The molecule has 0 radical (unpaired) electrons. The second-order valence-corrected chi connectivity index (χ2v) is 6.76. The van der Waals surface area contributed by atoms with Crippen LogP contribution in [0.15, 0.2) is 35.4 Å². The highest BCUT2D eigenvalue weighted by Crippen LogP contribution is 2.32. The first-order chi connectivity index (χ1) is 15.4. The zero-order valence-electron chi connectivity index (χ0n) is 16.8. The normalized spacial score (nSPS) is 17.0. The van der Waals surface area contributed by atoms with Gasteiger partial charge in [-0.05, 0) is 42.1 Å². The number of carboxylic acid groups (broad SMARTS) is 1. The largest absolute Gasteiger partial charge is 0.506 e. The maximum Gasteiger partial charge on any atom is 0.506 e. The van der Waals surface area contributed by atoms with Crippen LogP contribution in [0.2, 0.25) is 5.28 Å². The van der Waals surface area contributed by atoms with E-state index in [2.05, 4.69) is 32.5 Å². The lowest BCUT2D eigenvalue weighted by Gasteiger charge is -2.14. The highest BCUT2D eigenvalue weighted by Gasteiger charge is 2.27. The van der Waals surface area contributed by atoms with E-state index < -0.39 is 6.16 Å². The van der Waals surface area contributed by atoms with Crippen LogP contribution in [0.5, 0.6) is 0 Å². The second-order valence-electron chi connectivity index (χ2n) is 6.43. The molecule has 0 aromatic carbocycles. The van der Waals surface area contributed by atoms with Crippen LogP contribution in [-0.2, 0) is 16.1 Å². The Morgan fingerprint density at radius 2 is 2.12 bits per heavy atom. The molecule has 0 aliphatic carbocycles. The summed E-state index contributed by atoms with van der Waals surface area (Å²) in [5.41, 5.74) is 6.71. The number of fused-ring (bicyclic) bond motifs is 1. The molecule has 0 saturated carbocycles. The molecule has 12 heteroatoms. The van der Waals surface area contributed by atoms with Crippen molar-refractivity contribution in [2.24, 2.45) is 0 Å². The third-order valence-electron chi connectivity index (χ3n) is 4.37. The van der Waals surface area contributed by atoms with Crippen molar-refractivity contribution in [1.29, 1.82) is 0 Å². The number of aliphatic hydroxyl groups is 1. The minimum Gasteiger partial charge on any atom is -0.450 e. The number of hydrogen-bond donors (Lipinski definition) is 4. The fourth-order valence-corrected chi connectivity index (χ4v) is 3.18. The van der Waals surface area contributed by atoms with Gasteiger partial charge in [-0.3, -0.25) is 4.79 Å². The average molecular weight is 464 g/mol. The number of terminal acetylenes is 1. The van der Waals surface area contributed by atoms with E-state index in [1.807, 2.05) is 16.8 Å². The Morgan fingerprint density at radius 1 is 1.38 bits per heavy atom. The number of aliphatic hydroxyl groups excluding tert-OH is 1. The van der Waals surface area contributed by atoms with Gasteiger partial charge in [0.05, 0.1) is 18.1 Å². The summed E-state index contributed by atoms with van der Waals surface area (Å²) in [5, 5.41) is 18.1. The first kappa shape index (κ1) is 24.7. The quantitative estimate of drug-likeness (QED) is 0.257. The molecule has 1 unspecified atom stereocenters. The first-order valence-corrected chi connectivity index (χ1v) is 9.67. The lowest BCUT2D eigenvalue weighted by Crippen LogP contribution is -2.14. The first-order valence-electron chi connectivity index (χ1n) is 9.30. The topological polar surface area (TPSA) is 166 Å². The number of aromatic nitrogens is 4. The van der Waals surface area contributed by atoms with Crippen molar-refractivity contribution in [3.8, 4) is 12.8 Å². The number of anilines is 1. The summed E-state index contributed by atoms with van der Waals surface area (Å²) in [7, 11) is 0. The zero-order valence-corrected chi connectivity index (χ0v) is 17.6. The van der Waals surface area contributed by atoms with Crippen LogP contribution in [-0.4, -0.2) is 48.6 Å². The number of H-pyrrole nitrogens is 1. The molecule has 1 saturated heterocycles. The Labute approximate surface area is 187 Å². The van der Waals surface area contributed by atoms with Gasteiger partial charge in [0.25, 0.3) is 0 Å². The summed E-state index contributed by atoms with van der Waals surface area (Å²) in [6, 6.07) is 4.70. The van der Waals surface area contributed by atoms with Gasteiger partial charge in [-0.1, -0.05) is 0 Å². The zero-order chi connectivity index (χ0) is 23.7. The maximum atomic E-state index is 10.7. The number of nitrogens with one attached hydrogen (secondary N) is 1. The summed E-state index contributed by atoms with van der Waals surface area (Å²) in [5.74, 6) is 0.362. The number of nitrogens with zero attached hydrogens (tertiary/aromatic N) is 3. The third-order valence-corrected chi connectivity index (χ3v) is 4.54. The molecule has 1 aliphatic rings. The number of ether oxygens (including phenoxy) is 2. The number of aromatic amines is 1. The van der Waals surface area contributed by atoms with Gasteiger partial charge in [0.15, 0.2) is 0 Å². The Morgan fingerprint density at radius 3 is 2.75 bits per heavy atom. The average Bonchev–Trinajstić information content (AvgIpc) is 3.41. The van der Waals surface area contributed by atoms with E-state index in [1.165, 1.54) is 12.3 Å². The van der Waals surface area contributed by atoms with Crippen LogP contribution < -0.4 is 11.3 Å². The minimum atomic E-state index is -1.35. The van der Waals surface area contributed by atoms with Crippen LogP contribution in [0.3, 0.4) is 0 Å². The summed E-state index contributed by atoms with van der Waals surface area (Å²) in [6.07, 6.45) is 11.4. The molecule has 1 aliphatic heterocycles.